The van der Waals surface area contributed by atoms with Gasteiger partial charge in [0.15, 0.2) is 0 Å². The third kappa shape index (κ3) is 3.94. The van der Waals surface area contributed by atoms with Gasteiger partial charge in [-0.25, -0.2) is 0 Å². The highest BCUT2D eigenvalue weighted by atomic mass is 32.2. The van der Waals surface area contributed by atoms with E-state index < -0.39 is 0 Å². The smallest absolute Gasteiger partial charge is 0.250 e. The SMILES string of the molecule is CSc1ccc(-c2ccc(=O)n3c2[C@H]2C[C@@H](CN(Cc4cccc(C#N)c4)C2)C3)cc1. The van der Waals surface area contributed by atoms with Crippen molar-refractivity contribution in [2.45, 2.75) is 30.3 Å². The predicted octanol–water partition coefficient (Wildman–Crippen LogP) is 4.73. The molecule has 3 heterocycles. The number of thioether (sulfide) groups is 1. The van der Waals surface area contributed by atoms with Gasteiger partial charge in [-0.1, -0.05) is 24.3 Å². The van der Waals surface area contributed by atoms with Crippen molar-refractivity contribution in [3.05, 3.63) is 87.8 Å². The van der Waals surface area contributed by atoms with E-state index in [1.165, 1.54) is 27.3 Å². The molecule has 0 unspecified atom stereocenters. The molecule has 4 nitrogen and oxygen atoms in total. The van der Waals surface area contributed by atoms with Crippen LogP contribution in [0.5, 0.6) is 0 Å². The van der Waals surface area contributed by atoms with Gasteiger partial charge in [-0.3, -0.25) is 9.69 Å². The van der Waals surface area contributed by atoms with Crippen molar-refractivity contribution in [1.29, 1.82) is 5.26 Å². The van der Waals surface area contributed by atoms with Crippen molar-refractivity contribution in [2.75, 3.05) is 19.3 Å². The average Bonchev–Trinajstić information content (AvgIpc) is 2.80. The van der Waals surface area contributed by atoms with Gasteiger partial charge >= 0.3 is 0 Å². The van der Waals surface area contributed by atoms with Crippen LogP contribution >= 0.6 is 11.8 Å². The van der Waals surface area contributed by atoms with Crippen LogP contribution in [-0.2, 0) is 13.1 Å². The Bertz CT molecular complexity index is 1210. The number of piperidine rings is 1. The van der Waals surface area contributed by atoms with Gasteiger partial charge in [-0.15, -0.1) is 11.8 Å². The minimum absolute atomic E-state index is 0.115. The fourth-order valence-corrected chi connectivity index (χ4v) is 5.66. The molecule has 0 aliphatic carbocycles. The fourth-order valence-electron chi connectivity index (χ4n) is 5.26. The third-order valence-corrected chi connectivity index (χ3v) is 7.27. The number of hydrogen-bond acceptors (Lipinski definition) is 4. The first-order chi connectivity index (χ1) is 15.1. The van der Waals surface area contributed by atoms with Gasteiger partial charge in [-0.05, 0) is 60.1 Å². The number of pyridine rings is 1. The lowest BCUT2D eigenvalue weighted by Crippen LogP contribution is -2.47. The Balaban J connectivity index is 1.48. The second kappa shape index (κ2) is 8.37. The van der Waals surface area contributed by atoms with Crippen molar-refractivity contribution >= 4 is 11.8 Å². The van der Waals surface area contributed by atoms with Crippen LogP contribution in [0.4, 0.5) is 0 Å². The summed E-state index contributed by atoms with van der Waals surface area (Å²) >= 11 is 1.74. The van der Waals surface area contributed by atoms with E-state index in [-0.39, 0.29) is 5.56 Å². The number of benzene rings is 2. The number of hydrogen-bond donors (Lipinski definition) is 0. The van der Waals surface area contributed by atoms with E-state index in [9.17, 15) is 10.1 Å². The second-order valence-electron chi connectivity index (χ2n) is 8.61. The minimum atomic E-state index is 0.115. The van der Waals surface area contributed by atoms with Crippen molar-refractivity contribution in [3.63, 3.8) is 0 Å². The summed E-state index contributed by atoms with van der Waals surface area (Å²) in [6.07, 6.45) is 3.22. The molecule has 3 aromatic rings. The Morgan fingerprint density at radius 3 is 2.68 bits per heavy atom. The zero-order valence-electron chi connectivity index (χ0n) is 17.6. The number of rotatable bonds is 4. The standard InChI is InChI=1S/C26H25N3OS/c1-31-23-7-5-21(6-8-23)24-9-10-25(30)29-16-20-12-22(26(24)29)17-28(15-20)14-19-4-2-3-18(11-19)13-27/h2-11,20,22H,12,14-17H2,1H3/t20-,22-/m0/s1. The molecule has 5 rings (SSSR count). The summed E-state index contributed by atoms with van der Waals surface area (Å²) in [5.41, 5.74) is 5.56. The Hall–Kier alpha value is -2.81. The van der Waals surface area contributed by atoms with Crippen LogP contribution in [-0.4, -0.2) is 28.8 Å². The van der Waals surface area contributed by atoms with Gasteiger partial charge in [-0.2, -0.15) is 5.26 Å². The number of nitrogens with zero attached hydrogens (tertiary/aromatic N) is 3. The van der Waals surface area contributed by atoms with E-state index in [1.54, 1.807) is 17.8 Å². The van der Waals surface area contributed by atoms with E-state index >= 15 is 0 Å². The molecule has 2 aliphatic rings. The second-order valence-corrected chi connectivity index (χ2v) is 9.49. The maximum atomic E-state index is 12.7. The van der Waals surface area contributed by atoms with E-state index in [1.807, 2.05) is 28.8 Å². The summed E-state index contributed by atoms with van der Waals surface area (Å²) in [6, 6.07) is 22.5. The molecule has 0 N–H and O–H groups in total. The van der Waals surface area contributed by atoms with E-state index in [0.29, 0.717) is 17.4 Å². The molecule has 1 saturated heterocycles. The maximum Gasteiger partial charge on any atom is 0.250 e. The van der Waals surface area contributed by atoms with Gasteiger partial charge in [0.1, 0.15) is 0 Å². The summed E-state index contributed by atoms with van der Waals surface area (Å²) in [6.45, 7) is 3.56. The predicted molar refractivity (Wildman–Crippen MR) is 125 cm³/mol. The van der Waals surface area contributed by atoms with Crippen molar-refractivity contribution < 1.29 is 0 Å². The van der Waals surface area contributed by atoms with Crippen molar-refractivity contribution in [2.24, 2.45) is 5.92 Å². The lowest BCUT2D eigenvalue weighted by Gasteiger charge is -2.43. The molecular weight excluding hydrogens is 402 g/mol. The lowest BCUT2D eigenvalue weighted by atomic mass is 9.80. The molecule has 0 radical (unpaired) electrons. The molecule has 2 aromatic carbocycles. The number of fused-ring (bicyclic) bond motifs is 4. The van der Waals surface area contributed by atoms with Crippen LogP contribution in [0.1, 0.15) is 29.2 Å². The average molecular weight is 428 g/mol. The van der Waals surface area contributed by atoms with Crippen LogP contribution in [0.25, 0.3) is 11.1 Å². The van der Waals surface area contributed by atoms with Crippen LogP contribution in [0, 0.1) is 17.2 Å². The molecule has 0 spiro atoms. The van der Waals surface area contributed by atoms with Crippen LogP contribution in [0.2, 0.25) is 0 Å². The molecule has 2 atom stereocenters. The number of nitriles is 1. The molecule has 5 heteroatoms. The quantitative estimate of drug-likeness (QED) is 0.565. The molecule has 0 saturated carbocycles. The summed E-state index contributed by atoms with van der Waals surface area (Å²) in [5.74, 6) is 0.827. The zero-order valence-corrected chi connectivity index (χ0v) is 18.4. The highest BCUT2D eigenvalue weighted by molar-refractivity contribution is 7.98. The normalized spacial score (nSPS) is 20.1. The zero-order chi connectivity index (χ0) is 21.4. The molecule has 156 valence electrons. The third-order valence-electron chi connectivity index (χ3n) is 6.53. The molecule has 31 heavy (non-hydrogen) atoms. The Morgan fingerprint density at radius 2 is 1.90 bits per heavy atom. The topological polar surface area (TPSA) is 49.0 Å². The first kappa shape index (κ1) is 20.1. The van der Waals surface area contributed by atoms with Gasteiger partial charge in [0.25, 0.3) is 5.56 Å². The highest BCUT2D eigenvalue weighted by Gasteiger charge is 2.36. The van der Waals surface area contributed by atoms with E-state index in [4.69, 9.17) is 0 Å². The van der Waals surface area contributed by atoms with Crippen molar-refractivity contribution in [1.82, 2.24) is 9.47 Å². The lowest BCUT2D eigenvalue weighted by molar-refractivity contribution is 0.115. The van der Waals surface area contributed by atoms with Crippen molar-refractivity contribution in [3.8, 4) is 17.2 Å². The molecule has 1 fully saturated rings. The number of likely N-dealkylation sites (tertiary alicyclic amines) is 1. The monoisotopic (exact) mass is 427 g/mol. The van der Waals surface area contributed by atoms with Crippen LogP contribution in [0.15, 0.2) is 70.4 Å². The fraction of sp³-hybridized carbons (Fsp3) is 0.308. The van der Waals surface area contributed by atoms with Crippen LogP contribution < -0.4 is 5.56 Å². The molecule has 1 aromatic heterocycles. The maximum absolute atomic E-state index is 12.7. The summed E-state index contributed by atoms with van der Waals surface area (Å²) in [5, 5.41) is 9.21. The Labute approximate surface area is 187 Å². The Morgan fingerprint density at radius 1 is 1.06 bits per heavy atom. The molecule has 0 amide bonds. The summed E-state index contributed by atoms with van der Waals surface area (Å²) in [7, 11) is 0. The molecule has 2 aliphatic heterocycles. The molecule has 2 bridgehead atoms. The van der Waals surface area contributed by atoms with Gasteiger partial charge in [0, 0.05) is 54.3 Å². The minimum Gasteiger partial charge on any atom is -0.311 e. The summed E-state index contributed by atoms with van der Waals surface area (Å²) in [4.78, 5) is 16.5. The van der Waals surface area contributed by atoms with Crippen LogP contribution in [0.3, 0.4) is 0 Å². The van der Waals surface area contributed by atoms with E-state index in [0.717, 1.165) is 32.6 Å². The highest BCUT2D eigenvalue weighted by Crippen LogP contribution is 2.40. The Kier molecular flexibility index (Phi) is 5.43. The summed E-state index contributed by atoms with van der Waals surface area (Å²) < 4.78 is 2.03. The largest absolute Gasteiger partial charge is 0.311 e. The van der Waals surface area contributed by atoms with Gasteiger partial charge in [0.05, 0.1) is 11.6 Å². The first-order valence-corrected chi connectivity index (χ1v) is 12.0. The first-order valence-electron chi connectivity index (χ1n) is 10.7. The van der Waals surface area contributed by atoms with Gasteiger partial charge in [0.2, 0.25) is 0 Å². The number of aromatic nitrogens is 1. The molecular formula is C26H25N3OS. The van der Waals surface area contributed by atoms with E-state index in [2.05, 4.69) is 47.6 Å². The van der Waals surface area contributed by atoms with Gasteiger partial charge < -0.3 is 4.57 Å².